The summed E-state index contributed by atoms with van der Waals surface area (Å²) in [7, 11) is 1.72. The van der Waals surface area contributed by atoms with Crippen LogP contribution in [0.2, 0.25) is 0 Å². The molecular weight excluding hydrogens is 445 g/mol. The van der Waals surface area contributed by atoms with Crippen molar-refractivity contribution in [2.24, 2.45) is 0 Å². The lowest BCUT2D eigenvalue weighted by Gasteiger charge is -2.19. The summed E-state index contributed by atoms with van der Waals surface area (Å²) in [5.41, 5.74) is 4.38. The molecule has 0 bridgehead atoms. The summed E-state index contributed by atoms with van der Waals surface area (Å²) < 4.78 is 15.4. The molecule has 0 unspecified atom stereocenters. The average Bonchev–Trinajstić information content (AvgIpc) is 3.49. The lowest BCUT2D eigenvalue weighted by Crippen LogP contribution is -2.29. The maximum atomic E-state index is 13.7. The highest BCUT2D eigenvalue weighted by molar-refractivity contribution is 6.37. The number of hydrogen-bond donors (Lipinski definition) is 2. The van der Waals surface area contributed by atoms with Gasteiger partial charge in [-0.1, -0.05) is 30.3 Å². The maximum absolute atomic E-state index is 13.7. The SMILES string of the molecule is CN(C(=O)Cn1ccnc1)c1ccc(N/C(=C2\C(=O)Nc3cc(F)ccc32)c2ccccc2)cc1. The number of rotatable bonds is 6. The van der Waals surface area contributed by atoms with Gasteiger partial charge in [0.15, 0.2) is 0 Å². The van der Waals surface area contributed by atoms with E-state index in [1.54, 1.807) is 41.3 Å². The molecule has 174 valence electrons. The van der Waals surface area contributed by atoms with Crippen LogP contribution in [0.5, 0.6) is 0 Å². The zero-order chi connectivity index (χ0) is 24.4. The Balaban J connectivity index is 1.45. The van der Waals surface area contributed by atoms with Crippen molar-refractivity contribution >= 4 is 40.1 Å². The monoisotopic (exact) mass is 467 g/mol. The molecule has 1 aromatic heterocycles. The minimum Gasteiger partial charge on any atom is -0.354 e. The van der Waals surface area contributed by atoms with Gasteiger partial charge in [0, 0.05) is 36.4 Å². The summed E-state index contributed by atoms with van der Waals surface area (Å²) in [6.45, 7) is 0.190. The predicted molar refractivity (Wildman–Crippen MR) is 134 cm³/mol. The average molecular weight is 468 g/mol. The van der Waals surface area contributed by atoms with E-state index < -0.39 is 5.82 Å². The molecule has 2 amide bonds. The van der Waals surface area contributed by atoms with Crippen LogP contribution in [0, 0.1) is 5.82 Å². The molecule has 2 heterocycles. The van der Waals surface area contributed by atoms with Crippen molar-refractivity contribution in [3.05, 3.63) is 108 Å². The molecule has 0 radical (unpaired) electrons. The molecule has 0 fully saturated rings. The molecule has 4 aromatic rings. The number of benzene rings is 3. The summed E-state index contributed by atoms with van der Waals surface area (Å²) in [6, 6.07) is 21.1. The van der Waals surface area contributed by atoms with Crippen LogP contribution in [0.3, 0.4) is 0 Å². The van der Waals surface area contributed by atoms with Crippen molar-refractivity contribution < 1.29 is 14.0 Å². The molecule has 5 rings (SSSR count). The summed E-state index contributed by atoms with van der Waals surface area (Å²) >= 11 is 0. The number of anilines is 3. The van der Waals surface area contributed by atoms with Crippen LogP contribution in [0.4, 0.5) is 21.5 Å². The van der Waals surface area contributed by atoms with Gasteiger partial charge in [-0.05, 0) is 48.0 Å². The first-order chi connectivity index (χ1) is 17.0. The van der Waals surface area contributed by atoms with Crippen LogP contribution in [0.15, 0.2) is 91.5 Å². The number of aromatic nitrogens is 2. The van der Waals surface area contributed by atoms with Crippen molar-refractivity contribution in [2.75, 3.05) is 22.6 Å². The Morgan fingerprint density at radius 1 is 1.09 bits per heavy atom. The van der Waals surface area contributed by atoms with E-state index in [4.69, 9.17) is 0 Å². The van der Waals surface area contributed by atoms with E-state index in [0.717, 1.165) is 16.9 Å². The fourth-order valence-corrected chi connectivity index (χ4v) is 3.98. The van der Waals surface area contributed by atoms with Gasteiger partial charge in [0.25, 0.3) is 5.91 Å². The van der Waals surface area contributed by atoms with Crippen molar-refractivity contribution in [1.82, 2.24) is 9.55 Å². The number of fused-ring (bicyclic) bond motifs is 1. The molecule has 0 spiro atoms. The number of halogens is 1. The minimum atomic E-state index is -0.415. The minimum absolute atomic E-state index is 0.0812. The van der Waals surface area contributed by atoms with Gasteiger partial charge in [0.05, 0.1) is 23.3 Å². The quantitative estimate of drug-likeness (QED) is 0.406. The Hall–Kier alpha value is -4.72. The number of nitrogens with zero attached hydrogens (tertiary/aromatic N) is 3. The summed E-state index contributed by atoms with van der Waals surface area (Å²) in [4.78, 5) is 31.0. The third-order valence-corrected chi connectivity index (χ3v) is 5.81. The van der Waals surface area contributed by atoms with Gasteiger partial charge < -0.3 is 20.1 Å². The topological polar surface area (TPSA) is 79.3 Å². The lowest BCUT2D eigenvalue weighted by atomic mass is 10.00. The number of carbonyl (C=O) groups is 2. The molecule has 7 nitrogen and oxygen atoms in total. The molecule has 0 saturated carbocycles. The number of imidazole rings is 1. The van der Waals surface area contributed by atoms with Gasteiger partial charge in [-0.2, -0.15) is 0 Å². The van der Waals surface area contributed by atoms with E-state index in [9.17, 15) is 14.0 Å². The van der Waals surface area contributed by atoms with Crippen molar-refractivity contribution in [3.63, 3.8) is 0 Å². The Bertz CT molecular complexity index is 1410. The van der Waals surface area contributed by atoms with Crippen molar-refractivity contribution in [2.45, 2.75) is 6.54 Å². The number of hydrogen-bond acceptors (Lipinski definition) is 4. The van der Waals surface area contributed by atoms with Crippen LogP contribution in [0.25, 0.3) is 11.3 Å². The fourth-order valence-electron chi connectivity index (χ4n) is 3.98. The highest BCUT2D eigenvalue weighted by atomic mass is 19.1. The Kier molecular flexibility index (Phi) is 5.85. The first kappa shape index (κ1) is 22.1. The van der Waals surface area contributed by atoms with Gasteiger partial charge >= 0.3 is 0 Å². The first-order valence-electron chi connectivity index (χ1n) is 11.0. The van der Waals surface area contributed by atoms with Crippen LogP contribution in [-0.4, -0.2) is 28.4 Å². The zero-order valence-electron chi connectivity index (χ0n) is 18.9. The smallest absolute Gasteiger partial charge is 0.258 e. The van der Waals surface area contributed by atoms with Crippen LogP contribution >= 0.6 is 0 Å². The molecule has 2 N–H and O–H groups in total. The molecule has 0 saturated heterocycles. The maximum Gasteiger partial charge on any atom is 0.258 e. The number of carbonyl (C=O) groups excluding carboxylic acids is 2. The largest absolute Gasteiger partial charge is 0.354 e. The Labute approximate surface area is 201 Å². The van der Waals surface area contributed by atoms with Gasteiger partial charge in [-0.25, -0.2) is 9.37 Å². The molecule has 0 atom stereocenters. The molecule has 1 aliphatic rings. The van der Waals surface area contributed by atoms with Crippen molar-refractivity contribution in [1.29, 1.82) is 0 Å². The van der Waals surface area contributed by atoms with Crippen molar-refractivity contribution in [3.8, 4) is 0 Å². The fraction of sp³-hybridized carbons (Fsp3) is 0.0741. The van der Waals surface area contributed by atoms with Gasteiger partial charge in [0.1, 0.15) is 12.4 Å². The second-order valence-corrected chi connectivity index (χ2v) is 8.12. The Morgan fingerprint density at radius 3 is 2.57 bits per heavy atom. The molecule has 3 aromatic carbocycles. The van der Waals surface area contributed by atoms with Crippen LogP contribution < -0.4 is 15.5 Å². The normalized spacial score (nSPS) is 13.7. The van der Waals surface area contributed by atoms with Gasteiger partial charge in [0.2, 0.25) is 5.91 Å². The molecule has 1 aliphatic heterocycles. The van der Waals surface area contributed by atoms with Crippen LogP contribution in [-0.2, 0) is 16.1 Å². The predicted octanol–water partition coefficient (Wildman–Crippen LogP) is 4.62. The number of nitrogens with one attached hydrogen (secondary N) is 2. The lowest BCUT2D eigenvalue weighted by molar-refractivity contribution is -0.118. The Morgan fingerprint density at radius 2 is 1.86 bits per heavy atom. The van der Waals surface area contributed by atoms with Gasteiger partial charge in [-0.15, -0.1) is 0 Å². The highest BCUT2D eigenvalue weighted by Crippen LogP contribution is 2.38. The summed E-state index contributed by atoms with van der Waals surface area (Å²) in [6.07, 6.45) is 4.97. The molecule has 0 aliphatic carbocycles. The number of amides is 2. The third kappa shape index (κ3) is 4.54. The van der Waals surface area contributed by atoms with Crippen LogP contribution in [0.1, 0.15) is 11.1 Å². The third-order valence-electron chi connectivity index (χ3n) is 5.81. The van der Waals surface area contributed by atoms with E-state index in [1.807, 2.05) is 54.6 Å². The number of likely N-dealkylation sites (N-methyl/N-ethyl adjacent to an activating group) is 1. The standard InChI is InChI=1S/C27H22FN5O2/c1-32(24(34)16-33-14-13-29-17-33)21-10-8-20(9-11-21)30-26(18-5-3-2-4-6-18)25-22-12-7-19(28)15-23(22)31-27(25)35/h2-15,17,30H,16H2,1H3,(H,31,35)/b26-25-. The van der Waals surface area contributed by atoms with E-state index >= 15 is 0 Å². The second kappa shape index (κ2) is 9.26. The summed E-state index contributed by atoms with van der Waals surface area (Å²) in [5.74, 6) is -0.803. The van der Waals surface area contributed by atoms with E-state index in [1.165, 1.54) is 12.1 Å². The molecular formula is C27H22FN5O2. The van der Waals surface area contributed by atoms with Gasteiger partial charge in [-0.3, -0.25) is 9.59 Å². The summed E-state index contributed by atoms with van der Waals surface area (Å²) in [5, 5.41) is 6.12. The van der Waals surface area contributed by atoms with E-state index in [-0.39, 0.29) is 18.4 Å². The first-order valence-corrected chi connectivity index (χ1v) is 11.0. The highest BCUT2D eigenvalue weighted by Gasteiger charge is 2.28. The second-order valence-electron chi connectivity index (χ2n) is 8.12. The van der Waals surface area contributed by atoms with E-state index in [2.05, 4.69) is 15.6 Å². The van der Waals surface area contributed by atoms with E-state index in [0.29, 0.717) is 22.5 Å². The molecule has 35 heavy (non-hydrogen) atoms. The molecule has 8 heteroatoms. The zero-order valence-corrected chi connectivity index (χ0v) is 18.9.